The summed E-state index contributed by atoms with van der Waals surface area (Å²) < 4.78 is 25.0. The minimum absolute atomic E-state index is 0.00399. The lowest BCUT2D eigenvalue weighted by atomic mass is 9.96. The molecule has 1 aromatic carbocycles. The molecule has 0 atom stereocenters. The number of hydrogen-bond acceptors (Lipinski definition) is 11. The summed E-state index contributed by atoms with van der Waals surface area (Å²) in [4.78, 5) is 68.8. The number of rotatable bonds is 15. The Labute approximate surface area is 253 Å². The van der Waals surface area contributed by atoms with Crippen LogP contribution in [0.15, 0.2) is 30.3 Å². The van der Waals surface area contributed by atoms with Crippen molar-refractivity contribution in [3.8, 4) is 0 Å². The molecule has 0 amide bonds. The molecule has 0 bridgehead atoms. The van der Waals surface area contributed by atoms with E-state index in [1.807, 2.05) is 18.2 Å². The highest BCUT2D eigenvalue weighted by atomic mass is 16.5. The van der Waals surface area contributed by atoms with Crippen LogP contribution >= 0.6 is 0 Å². The summed E-state index contributed by atoms with van der Waals surface area (Å²) in [5.41, 5.74) is 3.01. The lowest BCUT2D eigenvalue weighted by Gasteiger charge is -2.09. The molecule has 2 aromatic heterocycles. The van der Waals surface area contributed by atoms with Gasteiger partial charge in [-0.25, -0.2) is 9.59 Å². The lowest BCUT2D eigenvalue weighted by molar-refractivity contribution is -0.141. The van der Waals surface area contributed by atoms with Crippen molar-refractivity contribution in [2.75, 3.05) is 28.4 Å². The fourth-order valence-electron chi connectivity index (χ4n) is 4.84. The zero-order chi connectivity index (χ0) is 32.2. The zero-order valence-electron chi connectivity index (χ0n) is 25.1. The molecule has 0 radical (unpaired) electrons. The van der Waals surface area contributed by atoms with Crippen molar-refractivity contribution in [1.82, 2.24) is 9.97 Å². The normalized spacial score (nSPS) is 10.7. The van der Waals surface area contributed by atoms with Gasteiger partial charge in [0.25, 0.3) is 0 Å². The van der Waals surface area contributed by atoms with Crippen molar-refractivity contribution >= 4 is 29.8 Å². The van der Waals surface area contributed by atoms with Gasteiger partial charge in [-0.3, -0.25) is 14.4 Å². The fraction of sp³-hybridized carbons (Fsp3) is 0.387. The number of ether oxygens (including phenoxy) is 5. The number of aromatic amines is 2. The maximum atomic E-state index is 13.4. The number of aromatic nitrogens is 2. The third kappa shape index (κ3) is 8.34. The Morgan fingerprint density at radius 2 is 1.27 bits per heavy atom. The summed E-state index contributed by atoms with van der Waals surface area (Å²) in [6.07, 6.45) is -0.298. The first-order chi connectivity index (χ1) is 21.2. The first kappa shape index (κ1) is 33.6. The molecule has 0 unspecified atom stereocenters. The highest BCUT2D eigenvalue weighted by Gasteiger charge is 2.29. The van der Waals surface area contributed by atoms with E-state index in [-0.39, 0.29) is 62.1 Å². The molecule has 44 heavy (non-hydrogen) atoms. The first-order valence-corrected chi connectivity index (χ1v) is 13.7. The van der Waals surface area contributed by atoms with Crippen LogP contribution in [0.4, 0.5) is 0 Å². The van der Waals surface area contributed by atoms with E-state index in [0.29, 0.717) is 28.1 Å². The van der Waals surface area contributed by atoms with Crippen LogP contribution in [-0.2, 0) is 77.0 Å². The maximum absolute atomic E-state index is 13.4. The molecule has 0 aliphatic heterocycles. The minimum Gasteiger partial charge on any atom is -0.469 e. The van der Waals surface area contributed by atoms with E-state index in [0.717, 1.165) is 5.56 Å². The van der Waals surface area contributed by atoms with Crippen LogP contribution in [0, 0.1) is 0 Å². The third-order valence-corrected chi connectivity index (χ3v) is 7.06. The zero-order valence-corrected chi connectivity index (χ0v) is 25.1. The molecule has 236 valence electrons. The third-order valence-electron chi connectivity index (χ3n) is 7.06. The Kier molecular flexibility index (Phi) is 12.3. The highest BCUT2D eigenvalue weighted by molar-refractivity contribution is 5.93. The standard InChI is InChI=1S/C31H36N2O11/c1-40-25(35)12-10-19-21(14-27(37)42-3)23(33-29(19)31(39)44-17-18-8-6-5-7-9-18)15-22-20(11-13-26(36)41-2)28(30(38)43-4)24(16-34)32-22/h5-9,32-34H,10-17H2,1-4H3. The molecule has 0 spiro atoms. The summed E-state index contributed by atoms with van der Waals surface area (Å²) in [7, 11) is 4.91. The van der Waals surface area contributed by atoms with Crippen LogP contribution in [0.1, 0.15) is 73.0 Å². The van der Waals surface area contributed by atoms with E-state index in [2.05, 4.69) is 9.97 Å². The predicted molar refractivity (Wildman–Crippen MR) is 154 cm³/mol. The van der Waals surface area contributed by atoms with E-state index < -0.39 is 36.5 Å². The van der Waals surface area contributed by atoms with Gasteiger partial charge in [-0.1, -0.05) is 30.3 Å². The second kappa shape index (κ2) is 16.1. The van der Waals surface area contributed by atoms with Gasteiger partial charge in [-0.05, 0) is 35.1 Å². The average molecular weight is 613 g/mol. The summed E-state index contributed by atoms with van der Waals surface area (Å²) in [5.74, 6) is -3.07. The lowest BCUT2D eigenvalue weighted by Crippen LogP contribution is -2.12. The molecule has 3 aromatic rings. The molecule has 3 N–H and O–H groups in total. The van der Waals surface area contributed by atoms with Gasteiger partial charge < -0.3 is 38.8 Å². The van der Waals surface area contributed by atoms with Crippen LogP contribution in [-0.4, -0.2) is 73.4 Å². The molecule has 0 fully saturated rings. The molecule has 2 heterocycles. The summed E-state index contributed by atoms with van der Waals surface area (Å²) in [6.45, 7) is -0.551. The Morgan fingerprint density at radius 3 is 1.84 bits per heavy atom. The fourth-order valence-corrected chi connectivity index (χ4v) is 4.84. The topological polar surface area (TPSA) is 183 Å². The number of aliphatic hydroxyl groups is 1. The smallest absolute Gasteiger partial charge is 0.355 e. The van der Waals surface area contributed by atoms with Gasteiger partial charge >= 0.3 is 29.8 Å². The van der Waals surface area contributed by atoms with Gasteiger partial charge in [0.1, 0.15) is 12.3 Å². The Balaban J connectivity index is 2.14. The summed E-state index contributed by atoms with van der Waals surface area (Å²) in [6, 6.07) is 9.05. The second-order valence-electron chi connectivity index (χ2n) is 9.66. The first-order valence-electron chi connectivity index (χ1n) is 13.7. The number of H-pyrrole nitrogens is 2. The van der Waals surface area contributed by atoms with Crippen LogP contribution < -0.4 is 0 Å². The van der Waals surface area contributed by atoms with Crippen molar-refractivity contribution in [2.24, 2.45) is 0 Å². The summed E-state index contributed by atoms with van der Waals surface area (Å²) in [5, 5.41) is 10.0. The van der Waals surface area contributed by atoms with E-state index in [4.69, 9.17) is 23.7 Å². The molecule has 13 nitrogen and oxygen atoms in total. The molecular formula is C31H36N2O11. The van der Waals surface area contributed by atoms with Crippen molar-refractivity contribution in [3.63, 3.8) is 0 Å². The maximum Gasteiger partial charge on any atom is 0.355 e. The Bertz CT molecular complexity index is 1490. The molecule has 0 saturated carbocycles. The number of hydrogen-bond donors (Lipinski definition) is 3. The number of carbonyl (C=O) groups is 5. The van der Waals surface area contributed by atoms with Gasteiger partial charge in [0.2, 0.25) is 0 Å². The van der Waals surface area contributed by atoms with Gasteiger partial charge in [-0.15, -0.1) is 0 Å². The highest BCUT2D eigenvalue weighted by Crippen LogP contribution is 2.29. The van der Waals surface area contributed by atoms with Crippen molar-refractivity contribution in [2.45, 2.75) is 51.7 Å². The van der Waals surface area contributed by atoms with Crippen molar-refractivity contribution in [3.05, 3.63) is 80.9 Å². The quantitative estimate of drug-likeness (QED) is 0.169. The van der Waals surface area contributed by atoms with Gasteiger partial charge in [0.15, 0.2) is 0 Å². The van der Waals surface area contributed by atoms with Crippen LogP contribution in [0.25, 0.3) is 0 Å². The van der Waals surface area contributed by atoms with Crippen molar-refractivity contribution in [1.29, 1.82) is 0 Å². The number of nitrogens with one attached hydrogen (secondary N) is 2. The average Bonchev–Trinajstić information content (AvgIpc) is 3.57. The van der Waals surface area contributed by atoms with Gasteiger partial charge in [0, 0.05) is 30.7 Å². The van der Waals surface area contributed by atoms with Crippen LogP contribution in [0.3, 0.4) is 0 Å². The molecule has 13 heteroatoms. The predicted octanol–water partition coefficient (Wildman–Crippen LogP) is 2.50. The Hall–Kier alpha value is -4.91. The molecule has 0 saturated heterocycles. The van der Waals surface area contributed by atoms with E-state index in [9.17, 15) is 29.1 Å². The number of methoxy groups -OCH3 is 4. The largest absolute Gasteiger partial charge is 0.469 e. The SMILES string of the molecule is COC(=O)CCc1c(C(=O)OCc2ccccc2)[nH]c(Cc2[nH]c(CO)c(C(=O)OC)c2CCC(=O)OC)c1CC(=O)OC. The van der Waals surface area contributed by atoms with Gasteiger partial charge in [-0.2, -0.15) is 0 Å². The number of aliphatic hydroxyl groups excluding tert-OH is 1. The van der Waals surface area contributed by atoms with E-state index in [1.165, 1.54) is 28.4 Å². The second-order valence-corrected chi connectivity index (χ2v) is 9.66. The van der Waals surface area contributed by atoms with Crippen LogP contribution in [0.2, 0.25) is 0 Å². The molecule has 0 aliphatic rings. The van der Waals surface area contributed by atoms with E-state index in [1.54, 1.807) is 12.1 Å². The number of benzene rings is 1. The molecule has 3 rings (SSSR count). The summed E-state index contributed by atoms with van der Waals surface area (Å²) >= 11 is 0. The van der Waals surface area contributed by atoms with Crippen molar-refractivity contribution < 1.29 is 52.8 Å². The number of esters is 5. The minimum atomic E-state index is -0.721. The molecule has 0 aliphatic carbocycles. The molecular weight excluding hydrogens is 576 g/mol. The number of carbonyl (C=O) groups excluding carboxylic acids is 5. The Morgan fingerprint density at radius 1 is 0.682 bits per heavy atom. The van der Waals surface area contributed by atoms with Crippen LogP contribution in [0.5, 0.6) is 0 Å². The van der Waals surface area contributed by atoms with E-state index >= 15 is 0 Å². The van der Waals surface area contributed by atoms with Gasteiger partial charge in [0.05, 0.1) is 52.7 Å². The monoisotopic (exact) mass is 612 g/mol.